The minimum absolute atomic E-state index is 0.0330. The highest BCUT2D eigenvalue weighted by Gasteiger charge is 2.29. The summed E-state index contributed by atoms with van der Waals surface area (Å²) in [6.07, 6.45) is 0. The van der Waals surface area contributed by atoms with Crippen LogP contribution in [0.4, 0.5) is 0 Å². The molecule has 0 aromatic heterocycles. The van der Waals surface area contributed by atoms with Crippen LogP contribution >= 0.6 is 0 Å². The van der Waals surface area contributed by atoms with Crippen molar-refractivity contribution in [3.8, 4) is 0 Å². The number of hydrogen-bond donors (Lipinski definition) is 1. The molecular weight excluding hydrogens is 414 g/mol. The van der Waals surface area contributed by atoms with Gasteiger partial charge in [-0.05, 0) is 23.6 Å². The van der Waals surface area contributed by atoms with Gasteiger partial charge in [0.2, 0.25) is 15.8 Å². The molecular formula is C23H21N3O4S. The summed E-state index contributed by atoms with van der Waals surface area (Å²) >= 11 is 0. The summed E-state index contributed by atoms with van der Waals surface area (Å²) in [5.41, 5.74) is 3.91. The third-order valence-electron chi connectivity index (χ3n) is 5.33. The number of nitrogens with one attached hydrogen (secondary N) is 1. The SMILES string of the molecule is CCN(CC)S(=O)(=O)c1cccc(C(=O)NN=C2C(=O)c3cccc4cccc2c34)c1. The number of hydrazone groups is 1. The number of ketones is 1. The maximum atomic E-state index is 12.8. The Morgan fingerprint density at radius 3 is 2.29 bits per heavy atom. The van der Waals surface area contributed by atoms with Crippen LogP contribution in [0, 0.1) is 0 Å². The lowest BCUT2D eigenvalue weighted by molar-refractivity contribution is 0.0954. The quantitative estimate of drug-likeness (QED) is 0.602. The minimum atomic E-state index is -3.70. The number of hydrogen-bond acceptors (Lipinski definition) is 5. The van der Waals surface area contributed by atoms with E-state index in [9.17, 15) is 18.0 Å². The maximum absolute atomic E-state index is 12.8. The van der Waals surface area contributed by atoms with Crippen LogP contribution in [0.3, 0.4) is 0 Å². The second-order valence-corrected chi connectivity index (χ2v) is 8.99. The molecule has 3 aromatic carbocycles. The summed E-state index contributed by atoms with van der Waals surface area (Å²) in [5, 5.41) is 5.83. The van der Waals surface area contributed by atoms with Crippen molar-refractivity contribution in [3.63, 3.8) is 0 Å². The first-order valence-electron chi connectivity index (χ1n) is 9.93. The highest BCUT2D eigenvalue weighted by molar-refractivity contribution is 7.89. The van der Waals surface area contributed by atoms with Gasteiger partial charge in [-0.3, -0.25) is 9.59 Å². The zero-order valence-corrected chi connectivity index (χ0v) is 17.9. The summed E-state index contributed by atoms with van der Waals surface area (Å²) in [4.78, 5) is 25.5. The second kappa shape index (κ2) is 8.05. The summed E-state index contributed by atoms with van der Waals surface area (Å²) in [6, 6.07) is 16.8. The monoisotopic (exact) mass is 435 g/mol. The fourth-order valence-electron chi connectivity index (χ4n) is 3.77. The van der Waals surface area contributed by atoms with Crippen LogP contribution in [0.25, 0.3) is 10.8 Å². The molecule has 0 radical (unpaired) electrons. The van der Waals surface area contributed by atoms with Crippen LogP contribution in [0.1, 0.15) is 40.1 Å². The lowest BCUT2D eigenvalue weighted by Gasteiger charge is -2.18. The molecule has 158 valence electrons. The van der Waals surface area contributed by atoms with Gasteiger partial charge in [-0.2, -0.15) is 9.41 Å². The Morgan fingerprint density at radius 1 is 0.968 bits per heavy atom. The molecule has 0 saturated heterocycles. The van der Waals surface area contributed by atoms with Gasteiger partial charge >= 0.3 is 0 Å². The molecule has 1 aliphatic rings. The Morgan fingerprint density at radius 2 is 1.61 bits per heavy atom. The van der Waals surface area contributed by atoms with Gasteiger partial charge in [0, 0.05) is 35.2 Å². The molecule has 31 heavy (non-hydrogen) atoms. The predicted octanol–water partition coefficient (Wildman–Crippen LogP) is 3.20. The van der Waals surface area contributed by atoms with Crippen molar-refractivity contribution in [1.82, 2.24) is 9.73 Å². The van der Waals surface area contributed by atoms with Crippen molar-refractivity contribution < 1.29 is 18.0 Å². The zero-order valence-electron chi connectivity index (χ0n) is 17.1. The number of rotatable bonds is 6. The molecule has 0 aliphatic heterocycles. The van der Waals surface area contributed by atoms with Crippen LogP contribution in [0.2, 0.25) is 0 Å². The van der Waals surface area contributed by atoms with E-state index in [2.05, 4.69) is 10.5 Å². The molecule has 0 unspecified atom stereocenters. The van der Waals surface area contributed by atoms with Crippen molar-refractivity contribution in [2.75, 3.05) is 13.1 Å². The van der Waals surface area contributed by atoms with Crippen LogP contribution in [0.5, 0.6) is 0 Å². The van der Waals surface area contributed by atoms with Gasteiger partial charge in [0.25, 0.3) is 5.91 Å². The summed E-state index contributed by atoms with van der Waals surface area (Å²) in [5.74, 6) is -0.856. The zero-order chi connectivity index (χ0) is 22.2. The molecule has 4 rings (SSSR count). The van der Waals surface area contributed by atoms with E-state index in [-0.39, 0.29) is 22.0 Å². The molecule has 1 N–H and O–H groups in total. The van der Waals surface area contributed by atoms with E-state index in [4.69, 9.17) is 0 Å². The normalized spacial score (nSPS) is 14.5. The number of nitrogens with zero attached hydrogens (tertiary/aromatic N) is 2. The lowest BCUT2D eigenvalue weighted by Crippen LogP contribution is -2.31. The van der Waals surface area contributed by atoms with E-state index < -0.39 is 15.9 Å². The van der Waals surface area contributed by atoms with Crippen LogP contribution in [-0.4, -0.2) is 43.2 Å². The minimum Gasteiger partial charge on any atom is -0.287 e. The number of carbonyl (C=O) groups excluding carboxylic acids is 2. The largest absolute Gasteiger partial charge is 0.287 e. The highest BCUT2D eigenvalue weighted by atomic mass is 32.2. The van der Waals surface area contributed by atoms with E-state index in [1.807, 2.05) is 24.3 Å². The molecule has 1 aliphatic carbocycles. The van der Waals surface area contributed by atoms with Gasteiger partial charge in [0.1, 0.15) is 5.71 Å². The second-order valence-electron chi connectivity index (χ2n) is 7.06. The topological polar surface area (TPSA) is 95.9 Å². The van der Waals surface area contributed by atoms with E-state index in [0.29, 0.717) is 24.2 Å². The van der Waals surface area contributed by atoms with Crippen LogP contribution < -0.4 is 5.43 Å². The van der Waals surface area contributed by atoms with Gasteiger partial charge in [-0.1, -0.05) is 56.3 Å². The standard InChI is InChI=1S/C23H21N3O4S/c1-3-26(4-2)31(29,30)17-11-5-10-16(14-17)23(28)25-24-21-18-12-6-8-15-9-7-13-19(20(15)18)22(21)27/h5-14H,3-4H2,1-2H3,(H,25,28). The molecule has 3 aromatic rings. The average molecular weight is 436 g/mol. The van der Waals surface area contributed by atoms with Gasteiger partial charge in [0.05, 0.1) is 4.90 Å². The third kappa shape index (κ3) is 3.54. The number of Topliss-reactive ketones (excluding diaryl/α,β-unsaturated/α-hetero) is 1. The van der Waals surface area contributed by atoms with Gasteiger partial charge in [0.15, 0.2) is 0 Å². The summed E-state index contributed by atoms with van der Waals surface area (Å²) in [6.45, 7) is 4.17. The van der Waals surface area contributed by atoms with Crippen molar-refractivity contribution in [1.29, 1.82) is 0 Å². The first kappa shape index (κ1) is 20.9. The Labute approximate surface area is 180 Å². The lowest BCUT2D eigenvalue weighted by atomic mass is 10.1. The van der Waals surface area contributed by atoms with Crippen LogP contribution in [0.15, 0.2) is 70.7 Å². The fourth-order valence-corrected chi connectivity index (χ4v) is 5.27. The van der Waals surface area contributed by atoms with E-state index in [1.54, 1.807) is 26.0 Å². The molecule has 7 nitrogen and oxygen atoms in total. The molecule has 0 bridgehead atoms. The average Bonchev–Trinajstić information content (AvgIpc) is 3.06. The molecule has 0 atom stereocenters. The number of benzene rings is 3. The number of amides is 1. The molecule has 0 fully saturated rings. The van der Waals surface area contributed by atoms with Crippen molar-refractivity contribution in [3.05, 3.63) is 77.4 Å². The molecule has 0 saturated carbocycles. The fraction of sp³-hybridized carbons (Fsp3) is 0.174. The Hall–Kier alpha value is -3.36. The van der Waals surface area contributed by atoms with Crippen molar-refractivity contribution in [2.24, 2.45) is 5.10 Å². The third-order valence-corrected chi connectivity index (χ3v) is 7.37. The van der Waals surface area contributed by atoms with Crippen LogP contribution in [-0.2, 0) is 10.0 Å². The predicted molar refractivity (Wildman–Crippen MR) is 119 cm³/mol. The number of sulfonamides is 1. The molecule has 0 heterocycles. The first-order valence-corrected chi connectivity index (χ1v) is 11.4. The van der Waals surface area contributed by atoms with E-state index >= 15 is 0 Å². The molecule has 8 heteroatoms. The van der Waals surface area contributed by atoms with E-state index in [1.165, 1.54) is 28.6 Å². The maximum Gasteiger partial charge on any atom is 0.271 e. The Kier molecular flexibility index (Phi) is 5.43. The Balaban J connectivity index is 1.63. The van der Waals surface area contributed by atoms with E-state index in [0.717, 1.165) is 10.8 Å². The highest BCUT2D eigenvalue weighted by Crippen LogP contribution is 2.30. The Bertz CT molecular complexity index is 1340. The van der Waals surface area contributed by atoms with Gasteiger partial charge < -0.3 is 0 Å². The molecule has 1 amide bonds. The van der Waals surface area contributed by atoms with Gasteiger partial charge in [-0.15, -0.1) is 0 Å². The molecule has 0 spiro atoms. The van der Waals surface area contributed by atoms with Crippen molar-refractivity contribution in [2.45, 2.75) is 18.7 Å². The van der Waals surface area contributed by atoms with Gasteiger partial charge in [-0.25, -0.2) is 13.8 Å². The number of carbonyl (C=O) groups is 2. The summed E-state index contributed by atoms with van der Waals surface area (Å²) < 4.78 is 26.8. The summed E-state index contributed by atoms with van der Waals surface area (Å²) in [7, 11) is -3.70. The smallest absolute Gasteiger partial charge is 0.271 e. The van der Waals surface area contributed by atoms with Crippen molar-refractivity contribution >= 4 is 38.2 Å². The first-order chi connectivity index (χ1) is 14.9.